The Morgan fingerprint density at radius 2 is 2.04 bits per heavy atom. The van der Waals surface area contributed by atoms with Crippen molar-refractivity contribution < 1.29 is 18.1 Å². The number of nitrogens with zero attached hydrogens (tertiary/aromatic N) is 2. The van der Waals surface area contributed by atoms with Gasteiger partial charge in [-0.2, -0.15) is 4.98 Å². The molecule has 0 aliphatic rings. The average Bonchev–Trinajstić information content (AvgIpc) is 2.93. The number of hydrogen-bond donors (Lipinski definition) is 1. The van der Waals surface area contributed by atoms with Gasteiger partial charge in [-0.3, -0.25) is 4.79 Å². The van der Waals surface area contributed by atoms with Crippen LogP contribution in [0.25, 0.3) is 0 Å². The van der Waals surface area contributed by atoms with Crippen molar-refractivity contribution in [3.63, 3.8) is 0 Å². The summed E-state index contributed by atoms with van der Waals surface area (Å²) >= 11 is 0. The Hall–Kier alpha value is -2.31. The predicted molar refractivity (Wildman–Crippen MR) is 84.2 cm³/mol. The van der Waals surface area contributed by atoms with E-state index in [0.717, 1.165) is 12.1 Å². The first-order chi connectivity index (χ1) is 11.2. The van der Waals surface area contributed by atoms with Gasteiger partial charge in [-0.05, 0) is 13.0 Å². The standard InChI is InChI=1S/C17H21F2N3O2/c1-10(12-6-5-11(18)9-13(12)19)20-14(23)7-8-15-21-16(22-24-15)17(2,3)4/h5-6,9-10H,7-8H2,1-4H3,(H,20,23). The molecule has 5 nitrogen and oxygen atoms in total. The smallest absolute Gasteiger partial charge is 0.227 e. The molecule has 24 heavy (non-hydrogen) atoms. The second-order valence-corrected chi connectivity index (χ2v) is 6.72. The zero-order chi connectivity index (χ0) is 17.9. The summed E-state index contributed by atoms with van der Waals surface area (Å²) in [6.45, 7) is 7.53. The SMILES string of the molecule is CC(NC(=O)CCc1nc(C(C)(C)C)no1)c1ccc(F)cc1F. The van der Waals surface area contributed by atoms with Gasteiger partial charge in [0.05, 0.1) is 6.04 Å². The highest BCUT2D eigenvalue weighted by Crippen LogP contribution is 2.19. The van der Waals surface area contributed by atoms with E-state index in [1.165, 1.54) is 6.07 Å². The predicted octanol–water partition coefficient (Wildman–Crippen LogP) is 3.46. The van der Waals surface area contributed by atoms with E-state index in [2.05, 4.69) is 15.5 Å². The van der Waals surface area contributed by atoms with Crippen LogP contribution in [0.3, 0.4) is 0 Å². The summed E-state index contributed by atoms with van der Waals surface area (Å²) in [5.41, 5.74) is 0.0103. The molecule has 1 amide bonds. The number of nitrogens with one attached hydrogen (secondary N) is 1. The van der Waals surface area contributed by atoms with E-state index < -0.39 is 17.7 Å². The van der Waals surface area contributed by atoms with Gasteiger partial charge in [-0.1, -0.05) is 32.0 Å². The highest BCUT2D eigenvalue weighted by Gasteiger charge is 2.21. The summed E-state index contributed by atoms with van der Waals surface area (Å²) < 4.78 is 31.7. The van der Waals surface area contributed by atoms with Crippen molar-refractivity contribution in [2.75, 3.05) is 0 Å². The molecule has 1 N–H and O–H groups in total. The summed E-state index contributed by atoms with van der Waals surface area (Å²) in [7, 11) is 0. The van der Waals surface area contributed by atoms with E-state index in [0.29, 0.717) is 18.1 Å². The quantitative estimate of drug-likeness (QED) is 0.907. The van der Waals surface area contributed by atoms with E-state index in [9.17, 15) is 13.6 Å². The van der Waals surface area contributed by atoms with Gasteiger partial charge in [0.25, 0.3) is 0 Å². The van der Waals surface area contributed by atoms with Crippen molar-refractivity contribution in [1.29, 1.82) is 0 Å². The maximum absolute atomic E-state index is 13.7. The molecule has 0 bridgehead atoms. The van der Waals surface area contributed by atoms with Crippen LogP contribution < -0.4 is 5.32 Å². The number of benzene rings is 1. The van der Waals surface area contributed by atoms with Crippen molar-refractivity contribution in [3.05, 3.63) is 47.1 Å². The van der Waals surface area contributed by atoms with Crippen molar-refractivity contribution in [2.45, 2.75) is 52.0 Å². The Labute approximate surface area is 139 Å². The molecule has 130 valence electrons. The molecule has 7 heteroatoms. The highest BCUT2D eigenvalue weighted by molar-refractivity contribution is 5.76. The lowest BCUT2D eigenvalue weighted by Gasteiger charge is -2.14. The number of amides is 1. The minimum atomic E-state index is -0.686. The second-order valence-electron chi connectivity index (χ2n) is 6.72. The minimum absolute atomic E-state index is 0.138. The van der Waals surface area contributed by atoms with Crippen molar-refractivity contribution in [3.8, 4) is 0 Å². The Morgan fingerprint density at radius 3 is 2.62 bits per heavy atom. The minimum Gasteiger partial charge on any atom is -0.349 e. The first-order valence-electron chi connectivity index (χ1n) is 7.74. The van der Waals surface area contributed by atoms with Crippen LogP contribution in [0, 0.1) is 11.6 Å². The van der Waals surface area contributed by atoms with Gasteiger partial charge in [-0.15, -0.1) is 0 Å². The van der Waals surface area contributed by atoms with Gasteiger partial charge in [-0.25, -0.2) is 8.78 Å². The molecule has 1 heterocycles. The molecule has 1 aromatic heterocycles. The molecule has 1 unspecified atom stereocenters. The van der Waals surface area contributed by atoms with Crippen LogP contribution >= 0.6 is 0 Å². The Morgan fingerprint density at radius 1 is 1.33 bits per heavy atom. The number of halogens is 2. The zero-order valence-corrected chi connectivity index (χ0v) is 14.2. The van der Waals surface area contributed by atoms with Gasteiger partial charge < -0.3 is 9.84 Å². The summed E-state index contributed by atoms with van der Waals surface area (Å²) in [4.78, 5) is 16.2. The van der Waals surface area contributed by atoms with Crippen molar-refractivity contribution in [1.82, 2.24) is 15.5 Å². The van der Waals surface area contributed by atoms with Crippen molar-refractivity contribution >= 4 is 5.91 Å². The monoisotopic (exact) mass is 337 g/mol. The second kappa shape index (κ2) is 7.07. The fraction of sp³-hybridized carbons (Fsp3) is 0.471. The van der Waals surface area contributed by atoms with Crippen LogP contribution in [0.1, 0.15) is 57.4 Å². The van der Waals surface area contributed by atoms with Crippen molar-refractivity contribution in [2.24, 2.45) is 0 Å². The molecule has 0 saturated carbocycles. The first-order valence-corrected chi connectivity index (χ1v) is 7.74. The van der Waals surface area contributed by atoms with Crippen LogP contribution in [0.2, 0.25) is 0 Å². The first kappa shape index (κ1) is 18.0. The van der Waals surface area contributed by atoms with E-state index in [-0.39, 0.29) is 23.3 Å². The molecule has 0 fully saturated rings. The van der Waals surface area contributed by atoms with Gasteiger partial charge in [0, 0.05) is 29.9 Å². The van der Waals surface area contributed by atoms with Gasteiger partial charge in [0.15, 0.2) is 5.82 Å². The molecule has 0 spiro atoms. The molecule has 0 aliphatic carbocycles. The zero-order valence-electron chi connectivity index (χ0n) is 14.2. The Balaban J connectivity index is 1.90. The third kappa shape index (κ3) is 4.59. The molecule has 1 aromatic carbocycles. The number of carbonyl (C=O) groups is 1. The van der Waals surface area contributed by atoms with Crippen LogP contribution in [0.15, 0.2) is 22.7 Å². The third-order valence-corrected chi connectivity index (χ3v) is 3.51. The molecule has 0 radical (unpaired) electrons. The molecule has 0 saturated heterocycles. The number of aromatic nitrogens is 2. The molecule has 2 rings (SSSR count). The topological polar surface area (TPSA) is 68.0 Å². The average molecular weight is 337 g/mol. The number of aryl methyl sites for hydroxylation is 1. The highest BCUT2D eigenvalue weighted by atomic mass is 19.1. The van der Waals surface area contributed by atoms with Crippen LogP contribution in [-0.4, -0.2) is 16.0 Å². The fourth-order valence-corrected chi connectivity index (χ4v) is 2.13. The number of hydrogen-bond acceptors (Lipinski definition) is 4. The summed E-state index contributed by atoms with van der Waals surface area (Å²) in [5.74, 6) is -0.646. The maximum Gasteiger partial charge on any atom is 0.227 e. The molecular formula is C17H21F2N3O2. The van der Waals surface area contributed by atoms with E-state index in [1.54, 1.807) is 6.92 Å². The van der Waals surface area contributed by atoms with Gasteiger partial charge in [0.1, 0.15) is 11.6 Å². The summed E-state index contributed by atoms with van der Waals surface area (Å²) in [5, 5.41) is 6.56. The van der Waals surface area contributed by atoms with Gasteiger partial charge >= 0.3 is 0 Å². The lowest BCUT2D eigenvalue weighted by atomic mass is 9.96. The normalized spacial score (nSPS) is 12.9. The Bertz CT molecular complexity index is 723. The summed E-state index contributed by atoms with van der Waals surface area (Å²) in [6, 6.07) is 2.72. The largest absolute Gasteiger partial charge is 0.349 e. The van der Waals surface area contributed by atoms with Crippen LogP contribution in [-0.2, 0) is 16.6 Å². The maximum atomic E-state index is 13.7. The molecule has 0 aliphatic heterocycles. The number of rotatable bonds is 5. The summed E-state index contributed by atoms with van der Waals surface area (Å²) in [6.07, 6.45) is 0.437. The van der Waals surface area contributed by atoms with Gasteiger partial charge in [0.2, 0.25) is 11.8 Å². The molecular weight excluding hydrogens is 316 g/mol. The van der Waals surface area contributed by atoms with E-state index >= 15 is 0 Å². The van der Waals surface area contributed by atoms with Crippen LogP contribution in [0.5, 0.6) is 0 Å². The Kier molecular flexibility index (Phi) is 5.31. The van der Waals surface area contributed by atoms with E-state index in [1.807, 2.05) is 20.8 Å². The fourth-order valence-electron chi connectivity index (χ4n) is 2.13. The molecule has 2 aromatic rings. The lowest BCUT2D eigenvalue weighted by Crippen LogP contribution is -2.27. The third-order valence-electron chi connectivity index (χ3n) is 3.51. The van der Waals surface area contributed by atoms with E-state index in [4.69, 9.17) is 4.52 Å². The number of carbonyl (C=O) groups excluding carboxylic acids is 1. The molecule has 1 atom stereocenters. The lowest BCUT2D eigenvalue weighted by molar-refractivity contribution is -0.121. The van der Waals surface area contributed by atoms with Crippen LogP contribution in [0.4, 0.5) is 8.78 Å².